The third-order valence-electron chi connectivity index (χ3n) is 3.74. The first kappa shape index (κ1) is 18.2. The van der Waals surface area contributed by atoms with Crippen LogP contribution in [0.3, 0.4) is 0 Å². The Hall–Kier alpha value is -2.61. The fourth-order valence-electron chi connectivity index (χ4n) is 2.36. The van der Waals surface area contributed by atoms with Crippen molar-refractivity contribution in [2.75, 3.05) is 5.32 Å². The van der Waals surface area contributed by atoms with E-state index >= 15 is 0 Å². The van der Waals surface area contributed by atoms with Crippen LogP contribution in [0.2, 0.25) is 0 Å². The highest BCUT2D eigenvalue weighted by atomic mass is 79.9. The molecule has 0 atom stereocenters. The van der Waals surface area contributed by atoms with Gasteiger partial charge in [-0.2, -0.15) is 0 Å². The Kier molecular flexibility index (Phi) is 4.86. The van der Waals surface area contributed by atoms with Crippen molar-refractivity contribution in [3.05, 3.63) is 58.3 Å². The van der Waals surface area contributed by atoms with Crippen molar-refractivity contribution in [1.29, 1.82) is 0 Å². The van der Waals surface area contributed by atoms with E-state index in [1.54, 1.807) is 24.0 Å². The van der Waals surface area contributed by atoms with Gasteiger partial charge in [-0.3, -0.25) is 4.79 Å². The number of carbonyl (C=O) groups is 1. The summed E-state index contributed by atoms with van der Waals surface area (Å²) in [5.41, 5.74) is 2.09. The summed E-state index contributed by atoms with van der Waals surface area (Å²) in [6.07, 6.45) is 3.19. The summed E-state index contributed by atoms with van der Waals surface area (Å²) in [6, 6.07) is 7.62. The van der Waals surface area contributed by atoms with E-state index in [9.17, 15) is 4.79 Å². The van der Waals surface area contributed by atoms with Crippen LogP contribution >= 0.6 is 15.9 Å². The maximum atomic E-state index is 12.5. The topological polar surface area (TPSA) is 85.6 Å². The van der Waals surface area contributed by atoms with Gasteiger partial charge in [0, 0.05) is 9.89 Å². The van der Waals surface area contributed by atoms with Gasteiger partial charge < -0.3 is 5.32 Å². The second-order valence-corrected chi connectivity index (χ2v) is 7.83. The van der Waals surface area contributed by atoms with Crippen LogP contribution in [0.4, 0.5) is 5.69 Å². The molecule has 1 amide bonds. The third-order valence-corrected chi connectivity index (χ3v) is 4.24. The summed E-state index contributed by atoms with van der Waals surface area (Å²) in [7, 11) is 0. The van der Waals surface area contributed by atoms with Gasteiger partial charge in [0.05, 0.1) is 29.5 Å². The van der Waals surface area contributed by atoms with E-state index in [0.29, 0.717) is 17.2 Å². The Balaban J connectivity index is 1.81. The molecule has 2 heterocycles. The number of hydrogen-bond donors (Lipinski definition) is 1. The summed E-state index contributed by atoms with van der Waals surface area (Å²) >= 11 is 3.43. The van der Waals surface area contributed by atoms with E-state index < -0.39 is 0 Å². The Bertz CT molecular complexity index is 943. The molecule has 0 unspecified atom stereocenters. The maximum absolute atomic E-state index is 12.5. The number of hydrogen-bond acceptors (Lipinski definition) is 5. The van der Waals surface area contributed by atoms with Gasteiger partial charge in [-0.25, -0.2) is 14.6 Å². The lowest BCUT2D eigenvalue weighted by atomic mass is 9.96. The quantitative estimate of drug-likeness (QED) is 0.706. The van der Waals surface area contributed by atoms with Crippen molar-refractivity contribution in [2.24, 2.45) is 0 Å². The first-order valence-corrected chi connectivity index (χ1v) is 8.87. The van der Waals surface area contributed by atoms with Crippen LogP contribution in [0.1, 0.15) is 42.8 Å². The normalized spacial score (nSPS) is 11.4. The summed E-state index contributed by atoms with van der Waals surface area (Å²) in [6.45, 7) is 7.90. The fourth-order valence-corrected chi connectivity index (χ4v) is 2.75. The van der Waals surface area contributed by atoms with Gasteiger partial charge in [-0.15, -0.1) is 5.10 Å². The van der Waals surface area contributed by atoms with Crippen molar-refractivity contribution in [3.8, 4) is 5.69 Å². The number of anilines is 1. The Morgan fingerprint density at radius 2 is 1.88 bits per heavy atom. The molecule has 3 aromatic rings. The van der Waals surface area contributed by atoms with Gasteiger partial charge in [0.25, 0.3) is 5.91 Å². The van der Waals surface area contributed by atoms with Gasteiger partial charge >= 0.3 is 0 Å². The van der Waals surface area contributed by atoms with Crippen molar-refractivity contribution in [3.63, 3.8) is 0 Å². The molecular formula is C18H19BrN6O. The molecule has 1 aromatic carbocycles. The SMILES string of the molecule is Cc1c(C(=O)Nc2cnc(C(C)(C)C)nc2)nnn1-c1cccc(Br)c1. The number of nitrogens with one attached hydrogen (secondary N) is 1. The molecule has 0 fully saturated rings. The van der Waals surface area contributed by atoms with Crippen molar-refractivity contribution < 1.29 is 4.79 Å². The largest absolute Gasteiger partial charge is 0.318 e. The summed E-state index contributed by atoms with van der Waals surface area (Å²) < 4.78 is 2.55. The lowest BCUT2D eigenvalue weighted by molar-refractivity contribution is 0.102. The van der Waals surface area contributed by atoms with Crippen molar-refractivity contribution >= 4 is 27.5 Å². The summed E-state index contributed by atoms with van der Waals surface area (Å²) in [4.78, 5) is 21.2. The van der Waals surface area contributed by atoms with Gasteiger partial charge in [0.1, 0.15) is 5.82 Å². The fraction of sp³-hybridized carbons (Fsp3) is 0.278. The molecule has 0 aliphatic carbocycles. The van der Waals surface area contributed by atoms with Gasteiger partial charge in [-0.05, 0) is 25.1 Å². The molecule has 1 N–H and O–H groups in total. The molecule has 0 aliphatic rings. The van der Waals surface area contributed by atoms with E-state index in [2.05, 4.69) is 41.5 Å². The zero-order valence-corrected chi connectivity index (χ0v) is 16.6. The third kappa shape index (κ3) is 3.80. The molecule has 3 rings (SSSR count). The highest BCUT2D eigenvalue weighted by Crippen LogP contribution is 2.20. The average Bonchev–Trinajstić information content (AvgIpc) is 2.96. The first-order chi connectivity index (χ1) is 12.3. The Labute approximate surface area is 160 Å². The molecule has 0 aliphatic heterocycles. The highest BCUT2D eigenvalue weighted by molar-refractivity contribution is 9.10. The number of amides is 1. The van der Waals surface area contributed by atoms with E-state index in [1.165, 1.54) is 0 Å². The lowest BCUT2D eigenvalue weighted by Gasteiger charge is -2.16. The summed E-state index contributed by atoms with van der Waals surface area (Å²) in [5.74, 6) is 0.364. The van der Waals surface area contributed by atoms with Crippen LogP contribution in [0.15, 0.2) is 41.1 Å². The second kappa shape index (κ2) is 6.95. The molecular weight excluding hydrogens is 396 g/mol. The van der Waals surface area contributed by atoms with Crippen LogP contribution in [0, 0.1) is 6.92 Å². The molecule has 26 heavy (non-hydrogen) atoms. The highest BCUT2D eigenvalue weighted by Gasteiger charge is 2.19. The van der Waals surface area contributed by atoms with Crippen molar-refractivity contribution in [1.82, 2.24) is 25.0 Å². The van der Waals surface area contributed by atoms with Crippen LogP contribution < -0.4 is 5.32 Å². The van der Waals surface area contributed by atoms with E-state index in [0.717, 1.165) is 10.2 Å². The van der Waals surface area contributed by atoms with E-state index in [-0.39, 0.29) is 17.0 Å². The average molecular weight is 415 g/mol. The summed E-state index contributed by atoms with van der Waals surface area (Å²) in [5, 5.41) is 10.9. The minimum atomic E-state index is -0.351. The molecule has 8 heteroatoms. The number of halogens is 1. The first-order valence-electron chi connectivity index (χ1n) is 8.08. The minimum absolute atomic E-state index is 0.147. The van der Waals surface area contributed by atoms with Crippen molar-refractivity contribution in [2.45, 2.75) is 33.1 Å². The number of aromatic nitrogens is 5. The number of rotatable bonds is 3. The zero-order chi connectivity index (χ0) is 18.9. The molecule has 7 nitrogen and oxygen atoms in total. The molecule has 0 radical (unpaired) electrons. The standard InChI is InChI=1S/C18H19BrN6O/c1-11-15(23-24-25(11)14-7-5-6-12(19)8-14)16(26)22-13-9-20-17(21-10-13)18(2,3)4/h5-10H,1-4H3,(H,22,26). The van der Waals surface area contributed by atoms with Gasteiger partial charge in [0.15, 0.2) is 5.69 Å². The minimum Gasteiger partial charge on any atom is -0.318 e. The van der Waals surface area contributed by atoms with Crippen LogP contribution in [0.25, 0.3) is 5.69 Å². The molecule has 0 bridgehead atoms. The van der Waals surface area contributed by atoms with E-state index in [1.807, 2.05) is 45.0 Å². The monoisotopic (exact) mass is 414 g/mol. The number of benzene rings is 1. The smallest absolute Gasteiger partial charge is 0.278 e. The molecule has 134 valence electrons. The molecule has 2 aromatic heterocycles. The van der Waals surface area contributed by atoms with Gasteiger partial charge in [0.2, 0.25) is 0 Å². The molecule has 0 saturated heterocycles. The van der Waals surface area contributed by atoms with Crippen LogP contribution in [-0.4, -0.2) is 30.9 Å². The number of carbonyl (C=O) groups excluding carboxylic acids is 1. The van der Waals surface area contributed by atoms with Gasteiger partial charge in [-0.1, -0.05) is 48.0 Å². The van der Waals surface area contributed by atoms with Crippen LogP contribution in [0.5, 0.6) is 0 Å². The number of nitrogens with zero attached hydrogens (tertiary/aromatic N) is 5. The zero-order valence-electron chi connectivity index (χ0n) is 15.0. The second-order valence-electron chi connectivity index (χ2n) is 6.91. The lowest BCUT2D eigenvalue weighted by Crippen LogP contribution is -2.18. The predicted octanol–water partition coefficient (Wildman–Crippen LogP) is 3.68. The molecule has 0 spiro atoms. The Morgan fingerprint density at radius 1 is 1.19 bits per heavy atom. The Morgan fingerprint density at radius 3 is 2.50 bits per heavy atom. The maximum Gasteiger partial charge on any atom is 0.278 e. The van der Waals surface area contributed by atoms with E-state index in [4.69, 9.17) is 0 Å². The van der Waals surface area contributed by atoms with Crippen LogP contribution in [-0.2, 0) is 5.41 Å². The predicted molar refractivity (Wildman–Crippen MR) is 102 cm³/mol. The molecule has 0 saturated carbocycles.